The van der Waals surface area contributed by atoms with Crippen molar-refractivity contribution in [2.45, 2.75) is 12.2 Å². The number of hydrogen-bond acceptors (Lipinski definition) is 5. The fourth-order valence-electron chi connectivity index (χ4n) is 1.03. The van der Waals surface area contributed by atoms with Crippen LogP contribution in [-0.2, 0) is 9.53 Å². The Hall–Kier alpha value is -1.17. The maximum atomic E-state index is 10.9. The molecule has 1 aromatic heterocycles. The van der Waals surface area contributed by atoms with Gasteiger partial charge in [0.15, 0.2) is 6.10 Å². The van der Waals surface area contributed by atoms with Crippen molar-refractivity contribution in [1.29, 1.82) is 0 Å². The molecule has 0 bridgehead atoms. The van der Waals surface area contributed by atoms with Gasteiger partial charge in [-0.2, -0.15) is 0 Å². The predicted molar refractivity (Wildman–Crippen MR) is 52.2 cm³/mol. The lowest BCUT2D eigenvalue weighted by atomic mass is 10.1. The molecule has 1 heterocycles. The molecule has 1 aromatic rings. The van der Waals surface area contributed by atoms with Crippen molar-refractivity contribution < 1.29 is 19.7 Å². The first-order valence-corrected chi connectivity index (χ1v) is 4.49. The van der Waals surface area contributed by atoms with E-state index in [-0.39, 0.29) is 5.15 Å². The van der Waals surface area contributed by atoms with Gasteiger partial charge in [0.25, 0.3) is 0 Å². The average molecular weight is 232 g/mol. The molecule has 15 heavy (non-hydrogen) atoms. The monoisotopic (exact) mass is 231 g/mol. The van der Waals surface area contributed by atoms with Crippen LogP contribution in [0.3, 0.4) is 0 Å². The molecule has 0 radical (unpaired) electrons. The molecular weight excluding hydrogens is 222 g/mol. The standard InChI is InChI=1S/C9H10ClNO4/c1-15-9(14)8(13)7(12)5-2-3-11-6(10)4-5/h2-4,7-8,12-13H,1H3. The van der Waals surface area contributed by atoms with Crippen LogP contribution in [-0.4, -0.2) is 34.4 Å². The Labute approximate surface area is 91.3 Å². The Morgan fingerprint density at radius 3 is 2.80 bits per heavy atom. The molecule has 0 aromatic carbocycles. The summed E-state index contributed by atoms with van der Waals surface area (Å²) in [4.78, 5) is 14.6. The molecule has 2 atom stereocenters. The summed E-state index contributed by atoms with van der Waals surface area (Å²) in [6.07, 6.45) is -1.64. The van der Waals surface area contributed by atoms with Gasteiger partial charge in [-0.3, -0.25) is 0 Å². The molecule has 0 aliphatic heterocycles. The minimum absolute atomic E-state index is 0.170. The Bertz CT molecular complexity index is 358. The summed E-state index contributed by atoms with van der Waals surface area (Å²) in [5.74, 6) is -0.907. The number of halogens is 1. The highest BCUT2D eigenvalue weighted by atomic mass is 35.5. The van der Waals surface area contributed by atoms with Crippen LogP contribution < -0.4 is 0 Å². The molecule has 1 rings (SSSR count). The van der Waals surface area contributed by atoms with Gasteiger partial charge in [0.05, 0.1) is 7.11 Å². The maximum absolute atomic E-state index is 10.9. The minimum atomic E-state index is -1.63. The summed E-state index contributed by atoms with van der Waals surface area (Å²) in [6, 6.07) is 2.81. The van der Waals surface area contributed by atoms with E-state index in [1.54, 1.807) is 0 Å². The zero-order valence-corrected chi connectivity index (χ0v) is 8.68. The number of aromatic nitrogens is 1. The number of aliphatic hydroxyl groups excluding tert-OH is 2. The van der Waals surface area contributed by atoms with Crippen LogP contribution in [0.1, 0.15) is 11.7 Å². The third kappa shape index (κ3) is 2.89. The highest BCUT2D eigenvalue weighted by Gasteiger charge is 2.26. The number of hydrogen-bond donors (Lipinski definition) is 2. The van der Waals surface area contributed by atoms with Crippen molar-refractivity contribution in [2.75, 3.05) is 7.11 Å². The number of ether oxygens (including phenoxy) is 1. The van der Waals surface area contributed by atoms with Crippen molar-refractivity contribution in [3.63, 3.8) is 0 Å². The predicted octanol–water partition coefficient (Wildman–Crippen LogP) is 0.302. The molecule has 5 nitrogen and oxygen atoms in total. The van der Waals surface area contributed by atoms with Gasteiger partial charge in [-0.15, -0.1) is 0 Å². The van der Waals surface area contributed by atoms with E-state index in [1.807, 2.05) is 0 Å². The number of rotatable bonds is 3. The number of carbonyl (C=O) groups is 1. The second kappa shape index (κ2) is 5.06. The van der Waals surface area contributed by atoms with Gasteiger partial charge in [0.1, 0.15) is 11.3 Å². The van der Waals surface area contributed by atoms with E-state index in [1.165, 1.54) is 18.3 Å². The Balaban J connectivity index is 2.84. The van der Waals surface area contributed by atoms with E-state index in [4.69, 9.17) is 11.6 Å². The van der Waals surface area contributed by atoms with E-state index in [9.17, 15) is 15.0 Å². The Morgan fingerprint density at radius 2 is 2.27 bits per heavy atom. The molecule has 6 heteroatoms. The molecule has 2 unspecified atom stereocenters. The lowest BCUT2D eigenvalue weighted by Gasteiger charge is -2.15. The molecular formula is C9H10ClNO4. The van der Waals surface area contributed by atoms with Crippen molar-refractivity contribution in [3.05, 3.63) is 29.0 Å². The van der Waals surface area contributed by atoms with Gasteiger partial charge in [-0.25, -0.2) is 9.78 Å². The number of carbonyl (C=O) groups excluding carboxylic acids is 1. The first-order valence-electron chi connectivity index (χ1n) is 4.11. The van der Waals surface area contributed by atoms with E-state index in [2.05, 4.69) is 9.72 Å². The van der Waals surface area contributed by atoms with Gasteiger partial charge in [0, 0.05) is 6.20 Å². The lowest BCUT2D eigenvalue weighted by Crippen LogP contribution is -2.29. The molecule has 0 aliphatic rings. The number of aliphatic hydroxyl groups is 2. The van der Waals surface area contributed by atoms with Crippen LogP contribution in [0.4, 0.5) is 0 Å². The number of methoxy groups -OCH3 is 1. The van der Waals surface area contributed by atoms with Gasteiger partial charge < -0.3 is 14.9 Å². The fraction of sp³-hybridized carbons (Fsp3) is 0.333. The fourth-order valence-corrected chi connectivity index (χ4v) is 1.22. The Morgan fingerprint density at radius 1 is 1.60 bits per heavy atom. The molecule has 0 saturated heterocycles. The van der Waals surface area contributed by atoms with E-state index < -0.39 is 18.2 Å². The van der Waals surface area contributed by atoms with Crippen LogP contribution >= 0.6 is 11.6 Å². The molecule has 0 saturated carbocycles. The minimum Gasteiger partial charge on any atom is -0.467 e. The number of pyridine rings is 1. The van der Waals surface area contributed by atoms with Crippen molar-refractivity contribution in [1.82, 2.24) is 4.98 Å². The van der Waals surface area contributed by atoms with E-state index in [0.29, 0.717) is 5.56 Å². The highest BCUT2D eigenvalue weighted by Crippen LogP contribution is 2.19. The quantitative estimate of drug-likeness (QED) is 0.578. The number of esters is 1. The lowest BCUT2D eigenvalue weighted by molar-refractivity contribution is -0.156. The maximum Gasteiger partial charge on any atom is 0.337 e. The number of nitrogens with zero attached hydrogens (tertiary/aromatic N) is 1. The average Bonchev–Trinajstić information content (AvgIpc) is 2.26. The molecule has 0 spiro atoms. The molecule has 0 fully saturated rings. The molecule has 2 N–H and O–H groups in total. The van der Waals surface area contributed by atoms with Crippen molar-refractivity contribution in [2.24, 2.45) is 0 Å². The Kier molecular flexibility index (Phi) is 4.02. The first kappa shape index (κ1) is 11.9. The summed E-state index contributed by atoms with van der Waals surface area (Å²) < 4.78 is 4.29. The second-order valence-corrected chi connectivity index (χ2v) is 3.21. The van der Waals surface area contributed by atoms with Crippen LogP contribution in [0.25, 0.3) is 0 Å². The van der Waals surface area contributed by atoms with Crippen molar-refractivity contribution in [3.8, 4) is 0 Å². The zero-order chi connectivity index (χ0) is 11.4. The van der Waals surface area contributed by atoms with Gasteiger partial charge >= 0.3 is 5.97 Å². The normalized spacial score (nSPS) is 14.4. The van der Waals surface area contributed by atoms with Crippen LogP contribution in [0.5, 0.6) is 0 Å². The summed E-state index contributed by atoms with van der Waals surface area (Å²) in [5, 5.41) is 19.1. The molecule has 82 valence electrons. The summed E-state index contributed by atoms with van der Waals surface area (Å²) in [7, 11) is 1.12. The summed E-state index contributed by atoms with van der Waals surface area (Å²) >= 11 is 5.59. The van der Waals surface area contributed by atoms with Crippen LogP contribution in [0.2, 0.25) is 5.15 Å². The summed E-state index contributed by atoms with van der Waals surface area (Å²) in [6.45, 7) is 0. The third-order valence-electron chi connectivity index (χ3n) is 1.83. The van der Waals surface area contributed by atoms with Crippen molar-refractivity contribution >= 4 is 17.6 Å². The van der Waals surface area contributed by atoms with Crippen LogP contribution in [0, 0.1) is 0 Å². The van der Waals surface area contributed by atoms with Crippen LogP contribution in [0.15, 0.2) is 18.3 Å². The first-order chi connectivity index (χ1) is 7.06. The SMILES string of the molecule is COC(=O)C(O)C(O)c1ccnc(Cl)c1. The van der Waals surface area contributed by atoms with Gasteiger partial charge in [-0.05, 0) is 17.7 Å². The topological polar surface area (TPSA) is 79.7 Å². The summed E-state index contributed by atoms with van der Waals surface area (Å²) in [5.41, 5.74) is 0.299. The molecule has 0 amide bonds. The molecule has 0 aliphatic carbocycles. The van der Waals surface area contributed by atoms with Gasteiger partial charge in [-0.1, -0.05) is 11.6 Å². The van der Waals surface area contributed by atoms with E-state index >= 15 is 0 Å². The van der Waals surface area contributed by atoms with E-state index in [0.717, 1.165) is 7.11 Å². The zero-order valence-electron chi connectivity index (χ0n) is 7.92. The third-order valence-corrected chi connectivity index (χ3v) is 2.04. The highest BCUT2D eigenvalue weighted by molar-refractivity contribution is 6.29. The largest absolute Gasteiger partial charge is 0.467 e. The van der Waals surface area contributed by atoms with Gasteiger partial charge in [0.2, 0.25) is 0 Å². The second-order valence-electron chi connectivity index (χ2n) is 2.82. The smallest absolute Gasteiger partial charge is 0.337 e.